The lowest BCUT2D eigenvalue weighted by Crippen LogP contribution is -2.12. The van der Waals surface area contributed by atoms with Crippen molar-refractivity contribution in [3.8, 4) is 23.7 Å². The van der Waals surface area contributed by atoms with Gasteiger partial charge in [0, 0.05) is 0 Å². The molecule has 2 amide bonds. The fourth-order valence-corrected chi connectivity index (χ4v) is 0.375. The summed E-state index contributed by atoms with van der Waals surface area (Å²) in [5, 5.41) is 0. The van der Waals surface area contributed by atoms with Crippen molar-refractivity contribution < 1.29 is 19.1 Å². The average molecular weight is 196 g/mol. The molecule has 0 rings (SSSR count). The van der Waals surface area contributed by atoms with Crippen LogP contribution in [-0.2, 0) is 9.47 Å². The molecule has 0 aliphatic heterocycles. The molecule has 0 saturated heterocycles. The van der Waals surface area contributed by atoms with E-state index in [1.54, 1.807) is 0 Å². The van der Waals surface area contributed by atoms with E-state index in [4.69, 9.17) is 0 Å². The lowest BCUT2D eigenvalue weighted by atomic mass is 10.5. The van der Waals surface area contributed by atoms with Crippen LogP contribution >= 0.6 is 0 Å². The zero-order chi connectivity index (χ0) is 10.8. The van der Waals surface area contributed by atoms with Crippen molar-refractivity contribution in [1.82, 2.24) is 0 Å². The second-order valence-electron chi connectivity index (χ2n) is 1.82. The number of amides is 2. The summed E-state index contributed by atoms with van der Waals surface area (Å²) < 4.78 is 8.56. The molecule has 14 heavy (non-hydrogen) atoms. The molecule has 0 saturated carbocycles. The predicted molar refractivity (Wildman–Crippen MR) is 46.6 cm³/mol. The van der Waals surface area contributed by atoms with Gasteiger partial charge >= 0.3 is 12.2 Å². The van der Waals surface area contributed by atoms with E-state index in [0.717, 1.165) is 0 Å². The SMILES string of the molecule is NC(=O)OCC#CC#CCOC(N)=O. The molecular weight excluding hydrogens is 188 g/mol. The molecule has 0 bridgehead atoms. The van der Waals surface area contributed by atoms with Crippen LogP contribution in [-0.4, -0.2) is 25.4 Å². The zero-order valence-corrected chi connectivity index (χ0v) is 7.20. The first-order chi connectivity index (χ1) is 6.63. The summed E-state index contributed by atoms with van der Waals surface area (Å²) in [6.07, 6.45) is -1.80. The molecule has 0 aliphatic carbocycles. The van der Waals surface area contributed by atoms with Crippen LogP contribution in [0.1, 0.15) is 0 Å². The topological polar surface area (TPSA) is 105 Å². The summed E-state index contributed by atoms with van der Waals surface area (Å²) in [6.45, 7) is -0.249. The lowest BCUT2D eigenvalue weighted by molar-refractivity contribution is 0.170. The molecule has 0 atom stereocenters. The number of nitrogens with two attached hydrogens (primary N) is 2. The Hall–Kier alpha value is -2.34. The van der Waals surface area contributed by atoms with Gasteiger partial charge in [-0.3, -0.25) is 0 Å². The molecule has 4 N–H and O–H groups in total. The number of carbonyl (C=O) groups excluding carboxylic acids is 2. The van der Waals surface area contributed by atoms with Gasteiger partial charge < -0.3 is 20.9 Å². The van der Waals surface area contributed by atoms with Gasteiger partial charge in [-0.05, 0) is 23.7 Å². The first-order valence-corrected chi connectivity index (χ1v) is 3.43. The molecule has 74 valence electrons. The number of rotatable bonds is 2. The summed E-state index contributed by atoms with van der Waals surface area (Å²) >= 11 is 0. The van der Waals surface area contributed by atoms with E-state index in [-0.39, 0.29) is 13.2 Å². The average Bonchev–Trinajstić information content (AvgIpc) is 2.08. The minimum atomic E-state index is -0.899. The minimum absolute atomic E-state index is 0.124. The minimum Gasteiger partial charge on any atom is -0.436 e. The molecule has 6 nitrogen and oxygen atoms in total. The fourth-order valence-electron chi connectivity index (χ4n) is 0.375. The standard InChI is InChI=1S/C8H8N2O4/c9-7(11)13-5-3-1-2-4-6-14-8(10)12/h5-6H2,(H2,9,11)(H2,10,12). The Morgan fingerprint density at radius 3 is 1.57 bits per heavy atom. The Bertz CT molecular complexity index is 295. The molecule has 0 radical (unpaired) electrons. The van der Waals surface area contributed by atoms with Crippen molar-refractivity contribution >= 4 is 12.2 Å². The Morgan fingerprint density at radius 1 is 0.929 bits per heavy atom. The van der Waals surface area contributed by atoms with E-state index >= 15 is 0 Å². The number of hydrogen-bond acceptors (Lipinski definition) is 4. The van der Waals surface area contributed by atoms with Gasteiger partial charge in [-0.1, -0.05) is 0 Å². The number of hydrogen-bond donors (Lipinski definition) is 2. The van der Waals surface area contributed by atoms with E-state index in [0.29, 0.717) is 0 Å². The lowest BCUT2D eigenvalue weighted by Gasteiger charge is -1.90. The van der Waals surface area contributed by atoms with Gasteiger partial charge in [0.25, 0.3) is 0 Å². The molecule has 0 aromatic carbocycles. The molecule has 0 unspecified atom stereocenters. The summed E-state index contributed by atoms with van der Waals surface area (Å²) in [7, 11) is 0. The quantitative estimate of drug-likeness (QED) is 0.563. The van der Waals surface area contributed by atoms with Crippen molar-refractivity contribution in [2.24, 2.45) is 11.5 Å². The molecule has 0 fully saturated rings. The first-order valence-electron chi connectivity index (χ1n) is 3.43. The highest BCUT2D eigenvalue weighted by Crippen LogP contribution is 1.71. The third-order valence-corrected chi connectivity index (χ3v) is 0.812. The Morgan fingerprint density at radius 2 is 1.29 bits per heavy atom. The first kappa shape index (κ1) is 11.7. The number of ether oxygens (including phenoxy) is 2. The maximum absolute atomic E-state index is 10.0. The van der Waals surface area contributed by atoms with Crippen LogP contribution in [0, 0.1) is 23.7 Å². The molecule has 0 heterocycles. The maximum atomic E-state index is 10.0. The van der Waals surface area contributed by atoms with Gasteiger partial charge in [0.15, 0.2) is 13.2 Å². The molecular formula is C8H8N2O4. The fraction of sp³-hybridized carbons (Fsp3) is 0.250. The normalized spacial score (nSPS) is 7.14. The van der Waals surface area contributed by atoms with E-state index in [9.17, 15) is 9.59 Å². The van der Waals surface area contributed by atoms with Crippen molar-refractivity contribution in [2.45, 2.75) is 0 Å². The van der Waals surface area contributed by atoms with Gasteiger partial charge in [-0.15, -0.1) is 0 Å². The summed E-state index contributed by atoms with van der Waals surface area (Å²) in [4.78, 5) is 20.1. The predicted octanol–water partition coefficient (Wildman–Crippen LogP) is -0.816. The van der Waals surface area contributed by atoms with Crippen molar-refractivity contribution in [3.05, 3.63) is 0 Å². The molecule has 0 spiro atoms. The molecule has 0 aromatic rings. The Labute approximate surface area is 80.5 Å². The van der Waals surface area contributed by atoms with Crippen LogP contribution in [0.25, 0.3) is 0 Å². The molecule has 0 aromatic heterocycles. The van der Waals surface area contributed by atoms with E-state index in [2.05, 4.69) is 44.6 Å². The van der Waals surface area contributed by atoms with Crippen LogP contribution in [0.3, 0.4) is 0 Å². The smallest absolute Gasteiger partial charge is 0.405 e. The third kappa shape index (κ3) is 9.66. The van der Waals surface area contributed by atoms with Crippen LogP contribution in [0.15, 0.2) is 0 Å². The number of primary amides is 2. The number of carbonyl (C=O) groups is 2. The van der Waals surface area contributed by atoms with Gasteiger partial charge in [-0.2, -0.15) is 0 Å². The summed E-state index contributed by atoms with van der Waals surface area (Å²) in [6, 6.07) is 0. The van der Waals surface area contributed by atoms with Gasteiger partial charge in [0.1, 0.15) is 0 Å². The summed E-state index contributed by atoms with van der Waals surface area (Å²) in [5.41, 5.74) is 9.30. The van der Waals surface area contributed by atoms with Gasteiger partial charge in [0.2, 0.25) is 0 Å². The van der Waals surface area contributed by atoms with Crippen molar-refractivity contribution in [3.63, 3.8) is 0 Å². The highest BCUT2D eigenvalue weighted by atomic mass is 16.5. The van der Waals surface area contributed by atoms with Crippen molar-refractivity contribution in [1.29, 1.82) is 0 Å². The van der Waals surface area contributed by atoms with Gasteiger partial charge in [0.05, 0.1) is 0 Å². The van der Waals surface area contributed by atoms with Crippen LogP contribution in [0.4, 0.5) is 9.59 Å². The molecule has 6 heteroatoms. The Balaban J connectivity index is 3.58. The van der Waals surface area contributed by atoms with Crippen LogP contribution in [0.5, 0.6) is 0 Å². The Kier molecular flexibility index (Phi) is 6.09. The second-order valence-corrected chi connectivity index (χ2v) is 1.82. The molecule has 0 aliphatic rings. The van der Waals surface area contributed by atoms with E-state index in [1.807, 2.05) is 0 Å². The van der Waals surface area contributed by atoms with Crippen molar-refractivity contribution in [2.75, 3.05) is 13.2 Å². The highest BCUT2D eigenvalue weighted by molar-refractivity contribution is 5.65. The monoisotopic (exact) mass is 196 g/mol. The largest absolute Gasteiger partial charge is 0.436 e. The van der Waals surface area contributed by atoms with Crippen LogP contribution < -0.4 is 11.5 Å². The van der Waals surface area contributed by atoms with E-state index < -0.39 is 12.2 Å². The third-order valence-electron chi connectivity index (χ3n) is 0.812. The summed E-state index contributed by atoms with van der Waals surface area (Å²) in [5.74, 6) is 9.45. The highest BCUT2D eigenvalue weighted by Gasteiger charge is 1.86. The maximum Gasteiger partial charge on any atom is 0.405 e. The van der Waals surface area contributed by atoms with E-state index in [1.165, 1.54) is 0 Å². The second kappa shape index (κ2) is 7.32. The zero-order valence-electron chi connectivity index (χ0n) is 7.20. The van der Waals surface area contributed by atoms with Gasteiger partial charge in [-0.25, -0.2) is 9.59 Å². The van der Waals surface area contributed by atoms with Crippen LogP contribution in [0.2, 0.25) is 0 Å².